The number of aliphatic hydroxyl groups excluding tert-OH is 1. The van der Waals surface area contributed by atoms with Gasteiger partial charge in [0.15, 0.2) is 0 Å². The van der Waals surface area contributed by atoms with Gasteiger partial charge in [0.05, 0.1) is 0 Å². The molecule has 0 unspecified atom stereocenters. The van der Waals surface area contributed by atoms with Crippen LogP contribution in [0.4, 0.5) is 5.69 Å². The molecule has 0 heterocycles. The summed E-state index contributed by atoms with van der Waals surface area (Å²) in [6, 6.07) is 12.1. The van der Waals surface area contributed by atoms with Crippen molar-refractivity contribution in [1.82, 2.24) is 0 Å². The molecule has 1 aliphatic carbocycles. The summed E-state index contributed by atoms with van der Waals surface area (Å²) >= 11 is 0. The summed E-state index contributed by atoms with van der Waals surface area (Å²) in [5.41, 5.74) is 12.2. The molecule has 1 aliphatic rings. The number of benzene rings is 2. The molecule has 0 aromatic heterocycles. The van der Waals surface area contributed by atoms with Crippen LogP contribution < -0.4 is 5.73 Å². The third-order valence-electron chi connectivity index (χ3n) is 3.34. The molecule has 0 spiro atoms. The van der Waals surface area contributed by atoms with Gasteiger partial charge in [0.2, 0.25) is 0 Å². The van der Waals surface area contributed by atoms with Crippen LogP contribution in [0, 0.1) is 0 Å². The highest BCUT2D eigenvalue weighted by atomic mass is 16.3. The maximum atomic E-state index is 9.48. The second kappa shape index (κ2) is 3.39. The zero-order valence-electron chi connectivity index (χ0n) is 9.40. The molecule has 0 bridgehead atoms. The van der Waals surface area contributed by atoms with E-state index in [4.69, 9.17) is 5.73 Å². The minimum atomic E-state index is 0.0289. The lowest BCUT2D eigenvalue weighted by Crippen LogP contribution is -1.98. The Morgan fingerprint density at radius 2 is 1.88 bits per heavy atom. The highest BCUT2D eigenvalue weighted by molar-refractivity contribution is 5.86. The van der Waals surface area contributed by atoms with Crippen LogP contribution in [0.2, 0.25) is 0 Å². The fraction of sp³-hybridized carbons (Fsp3) is 0.0667. The van der Waals surface area contributed by atoms with Gasteiger partial charge >= 0.3 is 0 Å². The smallest absolute Gasteiger partial charge is 0.117 e. The van der Waals surface area contributed by atoms with Gasteiger partial charge in [-0.1, -0.05) is 36.9 Å². The Morgan fingerprint density at radius 3 is 2.65 bits per heavy atom. The van der Waals surface area contributed by atoms with E-state index in [-0.39, 0.29) is 5.76 Å². The average Bonchev–Trinajstić information content (AvgIpc) is 2.69. The van der Waals surface area contributed by atoms with Gasteiger partial charge in [0.25, 0.3) is 0 Å². The van der Waals surface area contributed by atoms with Crippen molar-refractivity contribution >= 4 is 11.4 Å². The van der Waals surface area contributed by atoms with E-state index in [0.717, 1.165) is 12.0 Å². The summed E-state index contributed by atoms with van der Waals surface area (Å²) in [5, 5.41) is 9.48. The van der Waals surface area contributed by atoms with Crippen molar-refractivity contribution in [2.24, 2.45) is 0 Å². The van der Waals surface area contributed by atoms with Crippen molar-refractivity contribution in [2.45, 2.75) is 6.42 Å². The lowest BCUT2D eigenvalue weighted by atomic mass is 10.0. The van der Waals surface area contributed by atoms with Gasteiger partial charge in [-0.3, -0.25) is 0 Å². The summed E-state index contributed by atoms with van der Waals surface area (Å²) in [6.07, 6.45) is 0.832. The maximum Gasteiger partial charge on any atom is 0.117 e. The minimum absolute atomic E-state index is 0.0289. The van der Waals surface area contributed by atoms with Crippen LogP contribution >= 0.6 is 0 Å². The molecule has 17 heavy (non-hydrogen) atoms. The average molecular weight is 223 g/mol. The van der Waals surface area contributed by atoms with Gasteiger partial charge < -0.3 is 10.8 Å². The SMILES string of the molecule is C=C(O)c1ccc2c(c1N)Cc1ccccc1-2. The van der Waals surface area contributed by atoms with E-state index in [2.05, 4.69) is 18.7 Å². The van der Waals surface area contributed by atoms with Crippen LogP contribution in [0.3, 0.4) is 0 Å². The number of nitrogen functional groups attached to an aromatic ring is 1. The van der Waals surface area contributed by atoms with Crippen molar-refractivity contribution in [3.63, 3.8) is 0 Å². The molecule has 2 heteroatoms. The van der Waals surface area contributed by atoms with E-state index < -0.39 is 0 Å². The van der Waals surface area contributed by atoms with Crippen molar-refractivity contribution in [1.29, 1.82) is 0 Å². The molecule has 0 saturated carbocycles. The van der Waals surface area contributed by atoms with Crippen molar-refractivity contribution < 1.29 is 5.11 Å². The molecule has 84 valence electrons. The lowest BCUT2D eigenvalue weighted by molar-refractivity contribution is 0.514. The first kappa shape index (κ1) is 9.97. The first-order valence-electron chi connectivity index (χ1n) is 5.56. The van der Waals surface area contributed by atoms with Crippen LogP contribution in [-0.2, 0) is 6.42 Å². The molecule has 0 amide bonds. The number of anilines is 1. The normalized spacial score (nSPS) is 12.0. The molecule has 0 aliphatic heterocycles. The summed E-state index contributed by atoms with van der Waals surface area (Å²) in [6.45, 7) is 3.54. The van der Waals surface area contributed by atoms with E-state index >= 15 is 0 Å². The second-order valence-corrected chi connectivity index (χ2v) is 4.33. The van der Waals surface area contributed by atoms with E-state index in [1.165, 1.54) is 16.7 Å². The topological polar surface area (TPSA) is 46.2 Å². The van der Waals surface area contributed by atoms with Crippen LogP contribution in [-0.4, -0.2) is 5.11 Å². The third kappa shape index (κ3) is 1.34. The predicted octanol–water partition coefficient (Wildman–Crippen LogP) is 3.37. The molecule has 2 aromatic carbocycles. The number of fused-ring (bicyclic) bond motifs is 3. The fourth-order valence-electron chi connectivity index (χ4n) is 2.49. The van der Waals surface area contributed by atoms with Gasteiger partial charge in [-0.05, 0) is 28.3 Å². The molecule has 2 aromatic rings. The Bertz CT molecular complexity index is 629. The third-order valence-corrected chi connectivity index (χ3v) is 3.34. The maximum absolute atomic E-state index is 9.48. The summed E-state index contributed by atoms with van der Waals surface area (Å²) < 4.78 is 0. The van der Waals surface area contributed by atoms with Crippen molar-refractivity contribution in [2.75, 3.05) is 5.73 Å². The first-order valence-corrected chi connectivity index (χ1v) is 5.56. The van der Waals surface area contributed by atoms with Crippen LogP contribution in [0.5, 0.6) is 0 Å². The summed E-state index contributed by atoms with van der Waals surface area (Å²) in [5.74, 6) is 0.0289. The van der Waals surface area contributed by atoms with E-state index in [1.807, 2.05) is 24.3 Å². The summed E-state index contributed by atoms with van der Waals surface area (Å²) in [7, 11) is 0. The molecule has 0 atom stereocenters. The molecule has 0 fully saturated rings. The number of aliphatic hydroxyl groups is 1. The molecule has 0 radical (unpaired) electrons. The molecular formula is C15H13NO. The molecule has 0 saturated heterocycles. The molecular weight excluding hydrogens is 210 g/mol. The van der Waals surface area contributed by atoms with Gasteiger partial charge in [-0.2, -0.15) is 0 Å². The number of hydrogen-bond donors (Lipinski definition) is 2. The number of hydrogen-bond acceptors (Lipinski definition) is 2. The minimum Gasteiger partial charge on any atom is -0.508 e. The lowest BCUT2D eigenvalue weighted by Gasteiger charge is -2.09. The van der Waals surface area contributed by atoms with Crippen LogP contribution in [0.25, 0.3) is 16.9 Å². The molecule has 3 rings (SSSR count). The Labute approximate surface area is 100 Å². The zero-order chi connectivity index (χ0) is 12.0. The Balaban J connectivity index is 2.25. The van der Waals surface area contributed by atoms with Gasteiger partial charge in [-0.15, -0.1) is 0 Å². The fourth-order valence-corrected chi connectivity index (χ4v) is 2.49. The van der Waals surface area contributed by atoms with Crippen LogP contribution in [0.15, 0.2) is 43.0 Å². The quantitative estimate of drug-likeness (QED) is 0.490. The second-order valence-electron chi connectivity index (χ2n) is 4.33. The van der Waals surface area contributed by atoms with Crippen molar-refractivity contribution in [3.05, 3.63) is 59.7 Å². The largest absolute Gasteiger partial charge is 0.508 e. The number of nitrogens with two attached hydrogens (primary N) is 1. The van der Waals surface area contributed by atoms with E-state index in [0.29, 0.717) is 11.3 Å². The van der Waals surface area contributed by atoms with E-state index in [9.17, 15) is 5.11 Å². The van der Waals surface area contributed by atoms with Gasteiger partial charge in [-0.25, -0.2) is 0 Å². The number of rotatable bonds is 1. The Hall–Kier alpha value is -2.22. The Kier molecular flexibility index (Phi) is 1.99. The van der Waals surface area contributed by atoms with Crippen molar-refractivity contribution in [3.8, 4) is 11.1 Å². The molecule has 2 nitrogen and oxygen atoms in total. The van der Waals surface area contributed by atoms with E-state index in [1.54, 1.807) is 0 Å². The highest BCUT2D eigenvalue weighted by Crippen LogP contribution is 2.41. The zero-order valence-corrected chi connectivity index (χ0v) is 9.40. The Morgan fingerprint density at radius 1 is 1.12 bits per heavy atom. The summed E-state index contributed by atoms with van der Waals surface area (Å²) in [4.78, 5) is 0. The standard InChI is InChI=1S/C15H13NO/c1-9(17)11-6-7-13-12-5-3-2-4-10(12)8-14(13)15(11)16/h2-7,17H,1,8,16H2. The highest BCUT2D eigenvalue weighted by Gasteiger charge is 2.21. The predicted molar refractivity (Wildman–Crippen MR) is 70.8 cm³/mol. The molecule has 3 N–H and O–H groups in total. The van der Waals surface area contributed by atoms with Gasteiger partial charge in [0, 0.05) is 17.7 Å². The van der Waals surface area contributed by atoms with Crippen LogP contribution in [0.1, 0.15) is 16.7 Å². The first-order chi connectivity index (χ1) is 8.18. The monoisotopic (exact) mass is 223 g/mol. The van der Waals surface area contributed by atoms with Gasteiger partial charge in [0.1, 0.15) is 5.76 Å².